The minimum atomic E-state index is -1.02. The fourth-order valence-electron chi connectivity index (χ4n) is 1.58. The molecular weight excluding hydrogens is 306 g/mol. The molecule has 5 nitrogen and oxygen atoms in total. The first-order valence-corrected chi connectivity index (χ1v) is 5.96. The van der Waals surface area contributed by atoms with Crippen molar-refractivity contribution >= 4 is 28.9 Å². The van der Waals surface area contributed by atoms with Crippen LogP contribution in [0.3, 0.4) is 0 Å². The number of carbonyl (C=O) groups excluding carboxylic acids is 1. The summed E-state index contributed by atoms with van der Waals surface area (Å²) < 4.78 is 26.2. The molecule has 8 heteroatoms. The minimum absolute atomic E-state index is 0.0694. The summed E-state index contributed by atoms with van der Waals surface area (Å²) in [7, 11) is 0. The molecule has 2 aromatic rings. The highest BCUT2D eigenvalue weighted by Crippen LogP contribution is 2.27. The van der Waals surface area contributed by atoms with Crippen LogP contribution in [0.25, 0.3) is 0 Å². The van der Waals surface area contributed by atoms with Crippen molar-refractivity contribution in [3.63, 3.8) is 0 Å². The van der Waals surface area contributed by atoms with Crippen molar-refractivity contribution in [1.82, 2.24) is 0 Å². The van der Waals surface area contributed by atoms with Gasteiger partial charge in [-0.3, -0.25) is 14.9 Å². The Morgan fingerprint density at radius 2 is 1.90 bits per heavy atom. The number of anilines is 1. The van der Waals surface area contributed by atoms with Crippen LogP contribution < -0.4 is 5.32 Å². The number of carbonyl (C=O) groups is 1. The number of nitro benzene ring substituents is 1. The molecule has 0 saturated heterocycles. The zero-order chi connectivity index (χ0) is 15.6. The van der Waals surface area contributed by atoms with E-state index < -0.39 is 22.5 Å². The van der Waals surface area contributed by atoms with Gasteiger partial charge < -0.3 is 5.32 Å². The lowest BCUT2D eigenvalue weighted by atomic mass is 10.2. The van der Waals surface area contributed by atoms with Crippen molar-refractivity contribution in [2.24, 2.45) is 0 Å². The Morgan fingerprint density at radius 3 is 2.48 bits per heavy atom. The number of halogens is 3. The van der Waals surface area contributed by atoms with E-state index in [0.717, 1.165) is 24.3 Å². The molecule has 1 amide bonds. The molecule has 0 aromatic heterocycles. The van der Waals surface area contributed by atoms with Gasteiger partial charge in [-0.1, -0.05) is 11.6 Å². The van der Waals surface area contributed by atoms with Crippen molar-refractivity contribution < 1.29 is 18.5 Å². The first-order valence-electron chi connectivity index (χ1n) is 5.59. The molecule has 0 saturated carbocycles. The van der Waals surface area contributed by atoms with Crippen LogP contribution in [-0.4, -0.2) is 10.8 Å². The van der Waals surface area contributed by atoms with E-state index in [1.54, 1.807) is 0 Å². The summed E-state index contributed by atoms with van der Waals surface area (Å²) in [5, 5.41) is 12.8. The molecule has 0 fully saturated rings. The van der Waals surface area contributed by atoms with Gasteiger partial charge in [0.2, 0.25) is 0 Å². The Labute approximate surface area is 122 Å². The van der Waals surface area contributed by atoms with Crippen LogP contribution in [0.15, 0.2) is 36.4 Å². The number of hydrogen-bond acceptors (Lipinski definition) is 3. The highest BCUT2D eigenvalue weighted by Gasteiger charge is 2.15. The summed E-state index contributed by atoms with van der Waals surface area (Å²) in [5.74, 6) is -2.67. The third kappa shape index (κ3) is 3.32. The molecule has 0 bridgehead atoms. The van der Waals surface area contributed by atoms with Gasteiger partial charge in [-0.15, -0.1) is 0 Å². The SMILES string of the molecule is O=C(Nc1ccc([N+](=O)[O-])cc1Cl)c1ccc(F)cc1F. The van der Waals surface area contributed by atoms with E-state index in [1.165, 1.54) is 6.07 Å². The molecule has 0 radical (unpaired) electrons. The second-order valence-electron chi connectivity index (χ2n) is 4.00. The highest BCUT2D eigenvalue weighted by molar-refractivity contribution is 6.34. The van der Waals surface area contributed by atoms with Crippen LogP contribution in [0.1, 0.15) is 10.4 Å². The van der Waals surface area contributed by atoms with Crippen molar-refractivity contribution in [2.45, 2.75) is 0 Å². The van der Waals surface area contributed by atoms with E-state index in [2.05, 4.69) is 5.32 Å². The van der Waals surface area contributed by atoms with Crippen LogP contribution in [0, 0.1) is 21.7 Å². The van der Waals surface area contributed by atoms with E-state index in [9.17, 15) is 23.7 Å². The van der Waals surface area contributed by atoms with E-state index in [0.29, 0.717) is 6.07 Å². The van der Waals surface area contributed by atoms with E-state index >= 15 is 0 Å². The predicted octanol–water partition coefficient (Wildman–Crippen LogP) is 3.78. The molecule has 0 aliphatic rings. The molecule has 1 N–H and O–H groups in total. The van der Waals surface area contributed by atoms with Crippen LogP contribution in [0.4, 0.5) is 20.2 Å². The summed E-state index contributed by atoms with van der Waals surface area (Å²) >= 11 is 5.80. The number of nitro groups is 1. The fraction of sp³-hybridized carbons (Fsp3) is 0. The lowest BCUT2D eigenvalue weighted by Gasteiger charge is -2.07. The first-order chi connectivity index (χ1) is 9.88. The average molecular weight is 313 g/mol. The van der Waals surface area contributed by atoms with Crippen LogP contribution in [0.5, 0.6) is 0 Å². The zero-order valence-corrected chi connectivity index (χ0v) is 11.0. The van der Waals surface area contributed by atoms with Gasteiger partial charge in [0, 0.05) is 18.2 Å². The number of non-ortho nitro benzene ring substituents is 1. The van der Waals surface area contributed by atoms with Gasteiger partial charge in [0.05, 0.1) is 21.2 Å². The van der Waals surface area contributed by atoms with Crippen LogP contribution in [-0.2, 0) is 0 Å². The van der Waals surface area contributed by atoms with E-state index in [-0.39, 0.29) is 22.0 Å². The van der Waals surface area contributed by atoms with Crippen molar-refractivity contribution in [3.05, 3.63) is 68.7 Å². The third-order valence-corrected chi connectivity index (χ3v) is 2.90. The Kier molecular flexibility index (Phi) is 4.13. The number of nitrogens with one attached hydrogen (secondary N) is 1. The number of rotatable bonds is 3. The Bertz CT molecular complexity index is 737. The monoisotopic (exact) mass is 312 g/mol. The molecule has 0 atom stereocenters. The van der Waals surface area contributed by atoms with Gasteiger partial charge in [0.1, 0.15) is 11.6 Å². The number of hydrogen-bond donors (Lipinski definition) is 1. The van der Waals surface area contributed by atoms with Crippen molar-refractivity contribution in [3.8, 4) is 0 Å². The average Bonchev–Trinajstić information content (AvgIpc) is 2.40. The van der Waals surface area contributed by atoms with Gasteiger partial charge in [0.15, 0.2) is 0 Å². The fourth-order valence-corrected chi connectivity index (χ4v) is 1.80. The molecule has 2 rings (SSSR count). The molecule has 2 aromatic carbocycles. The Morgan fingerprint density at radius 1 is 1.19 bits per heavy atom. The van der Waals surface area contributed by atoms with Gasteiger partial charge in [-0.05, 0) is 18.2 Å². The standard InChI is InChI=1S/C13H7ClF2N2O3/c14-10-6-8(18(20)21)2-4-12(10)17-13(19)9-3-1-7(15)5-11(9)16/h1-6H,(H,17,19). The Balaban J connectivity index is 2.25. The normalized spacial score (nSPS) is 10.2. The number of amides is 1. The summed E-state index contributed by atoms with van der Waals surface area (Å²) in [6, 6.07) is 5.92. The quantitative estimate of drug-likeness (QED) is 0.692. The maximum absolute atomic E-state index is 13.5. The topological polar surface area (TPSA) is 72.2 Å². The molecule has 108 valence electrons. The molecular formula is C13H7ClF2N2O3. The molecule has 0 spiro atoms. The smallest absolute Gasteiger partial charge is 0.271 e. The largest absolute Gasteiger partial charge is 0.321 e. The zero-order valence-electron chi connectivity index (χ0n) is 10.3. The lowest BCUT2D eigenvalue weighted by molar-refractivity contribution is -0.384. The van der Waals surface area contributed by atoms with E-state index in [1.807, 2.05) is 0 Å². The molecule has 0 aliphatic heterocycles. The summed E-state index contributed by atoms with van der Waals surface area (Å²) in [6.45, 7) is 0. The summed E-state index contributed by atoms with van der Waals surface area (Å²) in [5.41, 5.74) is -0.534. The van der Waals surface area contributed by atoms with Gasteiger partial charge in [-0.25, -0.2) is 8.78 Å². The summed E-state index contributed by atoms with van der Waals surface area (Å²) in [4.78, 5) is 21.8. The third-order valence-electron chi connectivity index (χ3n) is 2.59. The number of nitrogens with zero attached hydrogens (tertiary/aromatic N) is 1. The highest BCUT2D eigenvalue weighted by atomic mass is 35.5. The molecule has 21 heavy (non-hydrogen) atoms. The minimum Gasteiger partial charge on any atom is -0.321 e. The second kappa shape index (κ2) is 5.84. The number of benzene rings is 2. The predicted molar refractivity (Wildman–Crippen MR) is 72.4 cm³/mol. The van der Waals surface area contributed by atoms with Gasteiger partial charge in [0.25, 0.3) is 11.6 Å². The maximum atomic E-state index is 13.5. The summed E-state index contributed by atoms with van der Waals surface area (Å²) in [6.07, 6.45) is 0. The van der Waals surface area contributed by atoms with Crippen LogP contribution >= 0.6 is 11.6 Å². The lowest BCUT2D eigenvalue weighted by Crippen LogP contribution is -2.14. The molecule has 0 aliphatic carbocycles. The van der Waals surface area contributed by atoms with Crippen molar-refractivity contribution in [1.29, 1.82) is 0 Å². The first kappa shape index (κ1) is 14.9. The van der Waals surface area contributed by atoms with E-state index in [4.69, 9.17) is 11.6 Å². The van der Waals surface area contributed by atoms with Gasteiger partial charge >= 0.3 is 0 Å². The molecule has 0 unspecified atom stereocenters. The Hall–Kier alpha value is -2.54. The van der Waals surface area contributed by atoms with Gasteiger partial charge in [-0.2, -0.15) is 0 Å². The maximum Gasteiger partial charge on any atom is 0.271 e. The van der Waals surface area contributed by atoms with Crippen LogP contribution in [0.2, 0.25) is 5.02 Å². The molecule has 0 heterocycles. The second-order valence-corrected chi connectivity index (χ2v) is 4.41. The van der Waals surface area contributed by atoms with Crippen molar-refractivity contribution in [2.75, 3.05) is 5.32 Å².